The summed E-state index contributed by atoms with van der Waals surface area (Å²) in [5, 5.41) is 0. The van der Waals surface area contributed by atoms with E-state index in [1.54, 1.807) is 11.8 Å². The van der Waals surface area contributed by atoms with E-state index in [1.807, 2.05) is 24.3 Å². The van der Waals surface area contributed by atoms with Crippen LogP contribution in [0.3, 0.4) is 0 Å². The Morgan fingerprint density at radius 3 is 2.57 bits per heavy atom. The minimum Gasteiger partial charge on any atom is -0.252 e. The lowest BCUT2D eigenvalue weighted by Crippen LogP contribution is -2.04. The Balaban J connectivity index is 2.08. The topological polar surface area (TPSA) is 25.8 Å². The maximum Gasteiger partial charge on any atom is 0.416 e. The molecule has 0 saturated heterocycles. The van der Waals surface area contributed by atoms with Gasteiger partial charge in [-0.3, -0.25) is 4.98 Å². The van der Waals surface area contributed by atoms with Crippen LogP contribution in [-0.2, 0) is 6.18 Å². The lowest BCUT2D eigenvalue weighted by Gasteiger charge is -2.10. The number of alkyl halides is 3. The van der Waals surface area contributed by atoms with Crippen molar-refractivity contribution < 1.29 is 13.2 Å². The summed E-state index contributed by atoms with van der Waals surface area (Å²) in [4.78, 5) is 9.71. The predicted octanol–water partition coefficient (Wildman–Crippen LogP) is 5.43. The van der Waals surface area contributed by atoms with E-state index < -0.39 is 11.7 Å². The van der Waals surface area contributed by atoms with Gasteiger partial charge in [0.15, 0.2) is 0 Å². The first-order chi connectivity index (χ1) is 11.0. The molecule has 0 fully saturated rings. The second kappa shape index (κ2) is 6.20. The number of benzene rings is 2. The SMILES string of the molecule is CCSc1ccccc1-c1cnc2cc(C(F)(F)F)ccc2n1. The number of aromatic nitrogens is 2. The van der Waals surface area contributed by atoms with E-state index in [4.69, 9.17) is 0 Å². The van der Waals surface area contributed by atoms with Gasteiger partial charge in [0.25, 0.3) is 0 Å². The van der Waals surface area contributed by atoms with Crippen LogP contribution in [0.2, 0.25) is 0 Å². The van der Waals surface area contributed by atoms with Gasteiger partial charge in [-0.1, -0.05) is 25.1 Å². The molecule has 1 heterocycles. The number of fused-ring (bicyclic) bond motifs is 1. The smallest absolute Gasteiger partial charge is 0.252 e. The predicted molar refractivity (Wildman–Crippen MR) is 86.4 cm³/mol. The zero-order valence-corrected chi connectivity index (χ0v) is 13.1. The fourth-order valence-corrected chi connectivity index (χ4v) is 3.09. The molecule has 2 aromatic carbocycles. The van der Waals surface area contributed by atoms with Crippen LogP contribution < -0.4 is 0 Å². The Morgan fingerprint density at radius 1 is 1.04 bits per heavy atom. The fraction of sp³-hybridized carbons (Fsp3) is 0.176. The molecule has 0 amide bonds. The van der Waals surface area contributed by atoms with E-state index in [2.05, 4.69) is 16.9 Å². The van der Waals surface area contributed by atoms with Crippen molar-refractivity contribution in [1.82, 2.24) is 9.97 Å². The molecule has 6 heteroatoms. The Labute approximate surface area is 135 Å². The Bertz CT molecular complexity index is 847. The molecule has 0 saturated carbocycles. The van der Waals surface area contributed by atoms with E-state index in [9.17, 15) is 13.2 Å². The van der Waals surface area contributed by atoms with Crippen LogP contribution in [-0.4, -0.2) is 15.7 Å². The summed E-state index contributed by atoms with van der Waals surface area (Å²) in [6.45, 7) is 2.06. The van der Waals surface area contributed by atoms with Crippen molar-refractivity contribution >= 4 is 22.8 Å². The van der Waals surface area contributed by atoms with Gasteiger partial charge >= 0.3 is 6.18 Å². The molecule has 1 aromatic heterocycles. The van der Waals surface area contributed by atoms with Gasteiger partial charge in [-0.15, -0.1) is 11.8 Å². The molecular formula is C17H13F3N2S. The third-order valence-corrected chi connectivity index (χ3v) is 4.29. The van der Waals surface area contributed by atoms with E-state index in [1.165, 1.54) is 12.3 Å². The lowest BCUT2D eigenvalue weighted by atomic mass is 10.1. The summed E-state index contributed by atoms with van der Waals surface area (Å²) in [6.07, 6.45) is -2.85. The van der Waals surface area contributed by atoms with Gasteiger partial charge in [0, 0.05) is 10.5 Å². The molecule has 3 rings (SSSR count). The number of nitrogens with zero attached hydrogens (tertiary/aromatic N) is 2. The summed E-state index contributed by atoms with van der Waals surface area (Å²) in [6, 6.07) is 11.2. The lowest BCUT2D eigenvalue weighted by molar-refractivity contribution is -0.137. The second-order valence-corrected chi connectivity index (χ2v) is 6.19. The summed E-state index contributed by atoms with van der Waals surface area (Å²) in [7, 11) is 0. The molecule has 0 unspecified atom stereocenters. The van der Waals surface area contributed by atoms with Crippen molar-refractivity contribution in [3.8, 4) is 11.3 Å². The molecule has 118 valence electrons. The normalized spacial score (nSPS) is 11.8. The third kappa shape index (κ3) is 3.32. The van der Waals surface area contributed by atoms with Crippen molar-refractivity contribution in [3.05, 3.63) is 54.2 Å². The zero-order valence-electron chi connectivity index (χ0n) is 12.3. The number of hydrogen-bond acceptors (Lipinski definition) is 3. The average Bonchev–Trinajstić information content (AvgIpc) is 2.54. The van der Waals surface area contributed by atoms with Gasteiger partial charge in [-0.05, 0) is 30.0 Å². The Hall–Kier alpha value is -2.08. The summed E-state index contributed by atoms with van der Waals surface area (Å²) in [5.74, 6) is 0.924. The van der Waals surface area contributed by atoms with E-state index in [-0.39, 0.29) is 5.52 Å². The molecule has 0 atom stereocenters. The van der Waals surface area contributed by atoms with Gasteiger partial charge in [0.05, 0.1) is 28.5 Å². The van der Waals surface area contributed by atoms with E-state index >= 15 is 0 Å². The molecule has 0 spiro atoms. The van der Waals surface area contributed by atoms with Crippen LogP contribution in [0.4, 0.5) is 13.2 Å². The van der Waals surface area contributed by atoms with Crippen LogP contribution in [0.25, 0.3) is 22.3 Å². The summed E-state index contributed by atoms with van der Waals surface area (Å²) < 4.78 is 38.2. The molecule has 0 N–H and O–H groups in total. The number of rotatable bonds is 3. The van der Waals surface area contributed by atoms with Crippen LogP contribution in [0.1, 0.15) is 12.5 Å². The number of thioether (sulfide) groups is 1. The number of hydrogen-bond donors (Lipinski definition) is 0. The first-order valence-electron chi connectivity index (χ1n) is 7.05. The van der Waals surface area contributed by atoms with Crippen molar-refractivity contribution in [1.29, 1.82) is 0 Å². The molecular weight excluding hydrogens is 321 g/mol. The highest BCUT2D eigenvalue weighted by Gasteiger charge is 2.30. The molecule has 3 aromatic rings. The van der Waals surface area contributed by atoms with Gasteiger partial charge < -0.3 is 0 Å². The maximum atomic E-state index is 12.7. The molecule has 0 aliphatic rings. The van der Waals surface area contributed by atoms with E-state index in [0.717, 1.165) is 28.3 Å². The second-order valence-electron chi connectivity index (χ2n) is 4.89. The highest BCUT2D eigenvalue weighted by molar-refractivity contribution is 7.99. The first kappa shape index (κ1) is 15.8. The largest absolute Gasteiger partial charge is 0.416 e. The Morgan fingerprint density at radius 2 is 1.83 bits per heavy atom. The molecule has 0 radical (unpaired) electrons. The van der Waals surface area contributed by atoms with Crippen molar-refractivity contribution in [2.75, 3.05) is 5.75 Å². The van der Waals surface area contributed by atoms with Gasteiger partial charge in [0.1, 0.15) is 0 Å². The van der Waals surface area contributed by atoms with Crippen LogP contribution >= 0.6 is 11.8 Å². The number of halogens is 3. The average molecular weight is 334 g/mol. The zero-order chi connectivity index (χ0) is 16.4. The van der Waals surface area contributed by atoms with Crippen LogP contribution in [0.15, 0.2) is 53.6 Å². The van der Waals surface area contributed by atoms with E-state index in [0.29, 0.717) is 11.2 Å². The van der Waals surface area contributed by atoms with Crippen molar-refractivity contribution in [3.63, 3.8) is 0 Å². The van der Waals surface area contributed by atoms with Crippen LogP contribution in [0.5, 0.6) is 0 Å². The monoisotopic (exact) mass is 334 g/mol. The third-order valence-electron chi connectivity index (χ3n) is 3.33. The molecule has 0 aliphatic heterocycles. The standard InChI is InChI=1S/C17H13F3N2S/c1-2-23-16-6-4-3-5-12(16)15-10-21-14-9-11(17(18,19)20)7-8-13(14)22-15/h3-10H,2H2,1H3. The molecule has 0 bridgehead atoms. The summed E-state index contributed by atoms with van der Waals surface area (Å²) in [5.41, 5.74) is 1.58. The Kier molecular flexibility index (Phi) is 4.26. The minimum absolute atomic E-state index is 0.240. The highest BCUT2D eigenvalue weighted by atomic mass is 32.2. The van der Waals surface area contributed by atoms with Crippen molar-refractivity contribution in [2.45, 2.75) is 18.0 Å². The van der Waals surface area contributed by atoms with Gasteiger partial charge in [-0.2, -0.15) is 13.2 Å². The van der Waals surface area contributed by atoms with Gasteiger partial charge in [-0.25, -0.2) is 4.98 Å². The van der Waals surface area contributed by atoms with Crippen molar-refractivity contribution in [2.24, 2.45) is 0 Å². The summed E-state index contributed by atoms with van der Waals surface area (Å²) >= 11 is 1.69. The fourth-order valence-electron chi connectivity index (χ4n) is 2.28. The molecule has 0 aliphatic carbocycles. The highest BCUT2D eigenvalue weighted by Crippen LogP contribution is 2.33. The minimum atomic E-state index is -4.38. The quantitative estimate of drug-likeness (QED) is 0.598. The van der Waals surface area contributed by atoms with Gasteiger partial charge in [0.2, 0.25) is 0 Å². The molecule has 2 nitrogen and oxygen atoms in total. The maximum absolute atomic E-state index is 12.7. The first-order valence-corrected chi connectivity index (χ1v) is 8.04. The van der Waals surface area contributed by atoms with Crippen LogP contribution in [0, 0.1) is 0 Å². The molecule has 23 heavy (non-hydrogen) atoms.